The summed E-state index contributed by atoms with van der Waals surface area (Å²) in [5.74, 6) is -0.335. The lowest BCUT2D eigenvalue weighted by atomic mass is 9.99. The third kappa shape index (κ3) is 42.7. The van der Waals surface area contributed by atoms with Crippen LogP contribution in [0.25, 0.3) is 0 Å². The van der Waals surface area contributed by atoms with E-state index in [9.17, 15) is 25.2 Å². The Labute approximate surface area is 436 Å². The number of ether oxygens (including phenoxy) is 4. The smallest absolute Gasteiger partial charge is 0.306 e. The van der Waals surface area contributed by atoms with E-state index in [0.29, 0.717) is 6.61 Å². The van der Waals surface area contributed by atoms with Crippen LogP contribution in [-0.4, -0.2) is 89.6 Å². The number of allylic oxidation sites excluding steroid dienone is 12. The van der Waals surface area contributed by atoms with Crippen molar-refractivity contribution in [3.63, 3.8) is 0 Å². The Morgan fingerprint density at radius 3 is 1.30 bits per heavy atom. The summed E-state index contributed by atoms with van der Waals surface area (Å²) in [7, 11) is 0. The monoisotopic (exact) mass is 999 g/mol. The summed E-state index contributed by atoms with van der Waals surface area (Å²) in [6, 6.07) is 0. The van der Waals surface area contributed by atoms with Crippen molar-refractivity contribution in [2.24, 2.45) is 0 Å². The van der Waals surface area contributed by atoms with Crippen LogP contribution < -0.4 is 0 Å². The van der Waals surface area contributed by atoms with E-state index in [1.807, 2.05) is 0 Å². The van der Waals surface area contributed by atoms with E-state index in [2.05, 4.69) is 86.8 Å². The van der Waals surface area contributed by atoms with Gasteiger partial charge in [0.1, 0.15) is 30.5 Å². The van der Waals surface area contributed by atoms with Crippen molar-refractivity contribution >= 4 is 5.97 Å². The van der Waals surface area contributed by atoms with Crippen LogP contribution in [0.4, 0.5) is 0 Å². The molecular weight excluding hydrogens is 889 g/mol. The first-order chi connectivity index (χ1) is 34.9. The SMILES string of the molecule is CC/C=C\C/C=C\C/C=C\C/C=C\C/C=C\C/C=C\CCCCCCC(=O)OC(COCCCCCCCCCCCCCCCCCCCCCCCCCCC)COC1OC(CO)C(O)C(O)C1O. The van der Waals surface area contributed by atoms with Crippen molar-refractivity contribution < 1.29 is 44.2 Å². The van der Waals surface area contributed by atoms with Gasteiger partial charge in [-0.05, 0) is 64.2 Å². The number of unbranched alkanes of at least 4 members (excludes halogenated alkanes) is 28. The molecule has 0 radical (unpaired) electrons. The third-order valence-electron chi connectivity index (χ3n) is 13.4. The number of aliphatic hydroxyl groups is 4. The standard InChI is InChI=1S/C62H110O9/c1-3-5-7-9-11-13-15-17-19-21-23-25-27-28-30-32-34-36-38-40-42-44-46-48-50-52-68-54-56(55-69-62-61(67)60(66)59(65)57(53-63)71-62)70-58(64)51-49-47-45-43-41-39-37-35-33-31-29-26-24-22-20-18-16-14-12-10-8-6-4-2/h6,8,12,14,18,20,24,26,31,33,37,39,56-57,59-63,65-67H,3-5,7,9-11,13,15-17,19,21-23,25,27-30,32,34-36,38,40-55H2,1-2H3/b8-6-,14-12-,20-18-,26-24-,33-31-,39-37-. The van der Waals surface area contributed by atoms with Gasteiger partial charge >= 0.3 is 5.97 Å². The second kappa shape index (κ2) is 52.5. The van der Waals surface area contributed by atoms with E-state index in [1.165, 1.54) is 148 Å². The van der Waals surface area contributed by atoms with E-state index in [4.69, 9.17) is 18.9 Å². The molecule has 412 valence electrons. The molecule has 0 saturated carbocycles. The van der Waals surface area contributed by atoms with E-state index in [0.717, 1.165) is 83.5 Å². The lowest BCUT2D eigenvalue weighted by Crippen LogP contribution is -2.59. The van der Waals surface area contributed by atoms with Gasteiger partial charge in [-0.25, -0.2) is 0 Å². The Bertz CT molecular complexity index is 1320. The van der Waals surface area contributed by atoms with E-state index in [-0.39, 0.29) is 25.6 Å². The molecule has 0 bridgehead atoms. The summed E-state index contributed by atoms with van der Waals surface area (Å²) in [5.41, 5.74) is 0. The van der Waals surface area contributed by atoms with Gasteiger partial charge < -0.3 is 39.4 Å². The Morgan fingerprint density at radius 2 is 0.859 bits per heavy atom. The number of hydrogen-bond acceptors (Lipinski definition) is 9. The molecule has 0 aliphatic carbocycles. The van der Waals surface area contributed by atoms with Crippen LogP contribution in [0, 0.1) is 0 Å². The van der Waals surface area contributed by atoms with E-state index >= 15 is 0 Å². The molecule has 71 heavy (non-hydrogen) atoms. The van der Waals surface area contributed by atoms with Crippen molar-refractivity contribution in [3.8, 4) is 0 Å². The number of hydrogen-bond donors (Lipinski definition) is 4. The molecule has 1 aliphatic rings. The molecule has 4 N–H and O–H groups in total. The lowest BCUT2D eigenvalue weighted by molar-refractivity contribution is -0.305. The predicted molar refractivity (Wildman–Crippen MR) is 297 cm³/mol. The van der Waals surface area contributed by atoms with Gasteiger partial charge in [-0.3, -0.25) is 4.79 Å². The number of aliphatic hydroxyl groups excluding tert-OH is 4. The van der Waals surface area contributed by atoms with Gasteiger partial charge in [0.2, 0.25) is 0 Å². The quantitative estimate of drug-likeness (QED) is 0.0267. The lowest BCUT2D eigenvalue weighted by Gasteiger charge is -2.39. The molecule has 6 atom stereocenters. The maximum atomic E-state index is 12.9. The average Bonchev–Trinajstić information content (AvgIpc) is 3.37. The van der Waals surface area contributed by atoms with Crippen LogP contribution in [0.15, 0.2) is 72.9 Å². The van der Waals surface area contributed by atoms with Crippen molar-refractivity contribution in [3.05, 3.63) is 72.9 Å². The fourth-order valence-electron chi connectivity index (χ4n) is 8.85. The van der Waals surface area contributed by atoms with E-state index < -0.39 is 43.4 Å². The normalized spacial score (nSPS) is 19.3. The maximum absolute atomic E-state index is 12.9. The van der Waals surface area contributed by atoms with Crippen molar-refractivity contribution in [2.45, 2.75) is 288 Å². The largest absolute Gasteiger partial charge is 0.457 e. The molecule has 0 aromatic rings. The van der Waals surface area contributed by atoms with Crippen LogP contribution >= 0.6 is 0 Å². The fraction of sp³-hybridized carbons (Fsp3) is 0.790. The summed E-state index contributed by atoms with van der Waals surface area (Å²) in [5, 5.41) is 40.4. The number of carbonyl (C=O) groups excluding carboxylic acids is 1. The summed E-state index contributed by atoms with van der Waals surface area (Å²) in [4.78, 5) is 12.9. The minimum atomic E-state index is -1.55. The highest BCUT2D eigenvalue weighted by Crippen LogP contribution is 2.23. The topological polar surface area (TPSA) is 135 Å². The summed E-state index contributed by atoms with van der Waals surface area (Å²) in [6.45, 7) is 4.45. The zero-order valence-corrected chi connectivity index (χ0v) is 45.7. The molecule has 1 aliphatic heterocycles. The second-order valence-corrected chi connectivity index (χ2v) is 20.1. The predicted octanol–water partition coefficient (Wildman–Crippen LogP) is 15.5. The number of esters is 1. The molecule has 1 heterocycles. The highest BCUT2D eigenvalue weighted by atomic mass is 16.7. The molecule has 0 aromatic carbocycles. The average molecular weight is 1000 g/mol. The summed E-state index contributed by atoms with van der Waals surface area (Å²) in [6.07, 6.45) is 63.8. The maximum Gasteiger partial charge on any atom is 0.306 e. The number of rotatable bonds is 51. The van der Waals surface area contributed by atoms with Gasteiger partial charge in [0.15, 0.2) is 6.29 Å². The minimum Gasteiger partial charge on any atom is -0.457 e. The summed E-state index contributed by atoms with van der Waals surface area (Å²) < 4.78 is 23.0. The van der Waals surface area contributed by atoms with Gasteiger partial charge in [-0.15, -0.1) is 0 Å². The zero-order valence-electron chi connectivity index (χ0n) is 45.7. The second-order valence-electron chi connectivity index (χ2n) is 20.1. The van der Waals surface area contributed by atoms with Gasteiger partial charge in [0.25, 0.3) is 0 Å². The molecule has 1 fully saturated rings. The van der Waals surface area contributed by atoms with Crippen LogP contribution in [0.5, 0.6) is 0 Å². The molecular formula is C62H110O9. The zero-order chi connectivity index (χ0) is 51.3. The highest BCUT2D eigenvalue weighted by Gasteiger charge is 2.44. The molecule has 1 rings (SSSR count). The van der Waals surface area contributed by atoms with Crippen LogP contribution in [0.3, 0.4) is 0 Å². The van der Waals surface area contributed by atoms with Crippen molar-refractivity contribution in [2.75, 3.05) is 26.4 Å². The molecule has 6 unspecified atom stereocenters. The Balaban J connectivity index is 2.17. The van der Waals surface area contributed by atoms with Crippen LogP contribution in [-0.2, 0) is 23.7 Å². The Kier molecular flexibility index (Phi) is 49.3. The Hall–Kier alpha value is -2.37. The van der Waals surface area contributed by atoms with E-state index in [1.54, 1.807) is 0 Å². The Morgan fingerprint density at radius 1 is 0.465 bits per heavy atom. The van der Waals surface area contributed by atoms with Crippen LogP contribution in [0.2, 0.25) is 0 Å². The fourth-order valence-corrected chi connectivity index (χ4v) is 8.85. The van der Waals surface area contributed by atoms with Crippen molar-refractivity contribution in [1.82, 2.24) is 0 Å². The molecule has 9 nitrogen and oxygen atoms in total. The molecule has 0 aromatic heterocycles. The third-order valence-corrected chi connectivity index (χ3v) is 13.4. The molecule has 0 amide bonds. The van der Waals surface area contributed by atoms with Gasteiger partial charge in [0, 0.05) is 13.0 Å². The summed E-state index contributed by atoms with van der Waals surface area (Å²) >= 11 is 0. The van der Waals surface area contributed by atoms with Crippen LogP contribution in [0.1, 0.15) is 251 Å². The molecule has 9 heteroatoms. The van der Waals surface area contributed by atoms with Gasteiger partial charge in [0.05, 0.1) is 19.8 Å². The van der Waals surface area contributed by atoms with Crippen molar-refractivity contribution in [1.29, 1.82) is 0 Å². The van der Waals surface area contributed by atoms with Gasteiger partial charge in [-0.2, -0.15) is 0 Å². The number of carbonyl (C=O) groups is 1. The van der Waals surface area contributed by atoms with Gasteiger partial charge in [-0.1, -0.05) is 254 Å². The first-order valence-electron chi connectivity index (χ1n) is 29.5. The highest BCUT2D eigenvalue weighted by molar-refractivity contribution is 5.69. The minimum absolute atomic E-state index is 0.125. The first kappa shape index (κ1) is 66.6. The molecule has 1 saturated heterocycles. The first-order valence-corrected chi connectivity index (χ1v) is 29.5. The molecule has 0 spiro atoms.